The third-order valence-electron chi connectivity index (χ3n) is 4.86. The van der Waals surface area contributed by atoms with Crippen LogP contribution in [0.4, 0.5) is 11.4 Å². The predicted octanol–water partition coefficient (Wildman–Crippen LogP) is 5.12. The van der Waals surface area contributed by atoms with E-state index in [1.807, 2.05) is 64.0 Å². The molecule has 188 valence electrons. The number of ether oxygens (including phenoxy) is 3. The van der Waals surface area contributed by atoms with E-state index in [2.05, 4.69) is 15.5 Å². The third kappa shape index (κ3) is 6.82. The number of rotatable bonds is 12. The third-order valence-corrected chi connectivity index (χ3v) is 5.79. The van der Waals surface area contributed by atoms with E-state index < -0.39 is 5.25 Å². The van der Waals surface area contributed by atoms with E-state index in [4.69, 9.17) is 18.6 Å². The number of hydrogen-bond donors (Lipinski definition) is 1. The van der Waals surface area contributed by atoms with Crippen molar-refractivity contribution in [1.82, 2.24) is 10.2 Å². The zero-order chi connectivity index (χ0) is 25.4. The van der Waals surface area contributed by atoms with E-state index in [9.17, 15) is 4.79 Å². The molecule has 0 spiro atoms. The minimum Gasteiger partial charge on any atom is -0.490 e. The highest BCUT2D eigenvalue weighted by Gasteiger charge is 2.21. The Labute approximate surface area is 210 Å². The van der Waals surface area contributed by atoms with Crippen LogP contribution in [0, 0.1) is 0 Å². The van der Waals surface area contributed by atoms with Crippen LogP contribution in [0.2, 0.25) is 0 Å². The number of nitrogens with zero attached hydrogens (tertiary/aromatic N) is 3. The van der Waals surface area contributed by atoms with Crippen molar-refractivity contribution in [1.29, 1.82) is 0 Å². The number of amides is 1. The molecule has 0 aliphatic carbocycles. The average molecular weight is 501 g/mol. The Kier molecular flexibility index (Phi) is 9.25. The molecule has 10 heteroatoms. The van der Waals surface area contributed by atoms with Gasteiger partial charge in [0.25, 0.3) is 5.22 Å². The Balaban J connectivity index is 1.73. The van der Waals surface area contributed by atoms with Gasteiger partial charge in [-0.15, -0.1) is 10.2 Å². The molecule has 0 saturated heterocycles. The molecule has 1 aromatic heterocycles. The van der Waals surface area contributed by atoms with Crippen LogP contribution in [0.1, 0.15) is 27.7 Å². The summed E-state index contributed by atoms with van der Waals surface area (Å²) in [4.78, 5) is 14.7. The summed E-state index contributed by atoms with van der Waals surface area (Å²) in [6, 6.07) is 11.2. The van der Waals surface area contributed by atoms with Gasteiger partial charge >= 0.3 is 0 Å². The van der Waals surface area contributed by atoms with Crippen molar-refractivity contribution in [2.75, 3.05) is 44.1 Å². The summed E-state index contributed by atoms with van der Waals surface area (Å²) in [5.41, 5.74) is 2.41. The summed E-state index contributed by atoms with van der Waals surface area (Å²) >= 11 is 1.19. The van der Waals surface area contributed by atoms with Crippen molar-refractivity contribution in [3.05, 3.63) is 36.4 Å². The maximum Gasteiger partial charge on any atom is 0.277 e. The number of anilines is 2. The number of thioether (sulfide) groups is 1. The Morgan fingerprint density at radius 2 is 1.60 bits per heavy atom. The molecule has 1 atom stereocenters. The van der Waals surface area contributed by atoms with Crippen molar-refractivity contribution in [2.24, 2.45) is 0 Å². The Morgan fingerprint density at radius 3 is 2.14 bits per heavy atom. The van der Waals surface area contributed by atoms with Gasteiger partial charge < -0.3 is 28.8 Å². The summed E-state index contributed by atoms with van der Waals surface area (Å²) in [7, 11) is 3.93. The molecule has 0 fully saturated rings. The van der Waals surface area contributed by atoms with E-state index in [-0.39, 0.29) is 11.1 Å². The van der Waals surface area contributed by atoms with Gasteiger partial charge in [0.1, 0.15) is 0 Å². The fourth-order valence-corrected chi connectivity index (χ4v) is 3.86. The van der Waals surface area contributed by atoms with Crippen LogP contribution < -0.4 is 24.4 Å². The normalized spacial score (nSPS) is 11.6. The molecule has 1 N–H and O–H groups in total. The number of carbonyl (C=O) groups excluding carboxylic acids is 1. The molecule has 1 amide bonds. The minimum absolute atomic E-state index is 0.161. The van der Waals surface area contributed by atoms with Crippen LogP contribution in [0.5, 0.6) is 17.2 Å². The van der Waals surface area contributed by atoms with E-state index in [0.717, 1.165) is 11.4 Å². The second-order valence-electron chi connectivity index (χ2n) is 7.66. The molecule has 0 radical (unpaired) electrons. The van der Waals surface area contributed by atoms with E-state index in [0.29, 0.717) is 48.5 Å². The van der Waals surface area contributed by atoms with E-state index in [1.54, 1.807) is 19.1 Å². The molecular weight excluding hydrogens is 468 g/mol. The van der Waals surface area contributed by atoms with Crippen molar-refractivity contribution < 1.29 is 23.4 Å². The first-order chi connectivity index (χ1) is 16.9. The molecule has 2 aromatic carbocycles. The van der Waals surface area contributed by atoms with Crippen LogP contribution in [0.25, 0.3) is 11.5 Å². The lowest BCUT2D eigenvalue weighted by Crippen LogP contribution is -2.22. The molecule has 3 rings (SSSR count). The Hall–Kier alpha value is -3.40. The van der Waals surface area contributed by atoms with Crippen molar-refractivity contribution in [2.45, 2.75) is 38.2 Å². The Bertz CT molecular complexity index is 1090. The van der Waals surface area contributed by atoms with Gasteiger partial charge in [-0.2, -0.15) is 0 Å². The number of nitrogens with one attached hydrogen (secondary N) is 1. The zero-order valence-electron chi connectivity index (χ0n) is 21.0. The zero-order valence-corrected chi connectivity index (χ0v) is 21.8. The van der Waals surface area contributed by atoms with Crippen molar-refractivity contribution in [3.8, 4) is 28.7 Å². The lowest BCUT2D eigenvalue weighted by molar-refractivity contribution is -0.115. The number of aromatic nitrogens is 2. The molecule has 0 saturated carbocycles. The molecular formula is C25H32N4O5S. The summed E-state index contributed by atoms with van der Waals surface area (Å²) in [6.45, 7) is 8.88. The summed E-state index contributed by atoms with van der Waals surface area (Å²) < 4.78 is 23.1. The highest BCUT2D eigenvalue weighted by molar-refractivity contribution is 8.00. The monoisotopic (exact) mass is 500 g/mol. The van der Waals surface area contributed by atoms with Crippen LogP contribution in [0.15, 0.2) is 46.0 Å². The van der Waals surface area contributed by atoms with Crippen molar-refractivity contribution >= 4 is 29.0 Å². The van der Waals surface area contributed by atoms with Gasteiger partial charge in [-0.3, -0.25) is 4.79 Å². The standard InChI is InChI=1S/C25H32N4O5S/c1-7-31-20-14-17(15-21(32-8-2)22(20)33-9-3)24-27-28-25(34-24)35-16(4)23(30)26-18-10-12-19(13-11-18)29(5)6/h10-16H,7-9H2,1-6H3,(H,26,30)/t16-/m0/s1. The smallest absolute Gasteiger partial charge is 0.277 e. The maximum absolute atomic E-state index is 12.7. The van der Waals surface area contributed by atoms with Gasteiger partial charge in [-0.1, -0.05) is 11.8 Å². The van der Waals surface area contributed by atoms with E-state index in [1.165, 1.54) is 11.8 Å². The molecule has 1 heterocycles. The van der Waals surface area contributed by atoms with Crippen LogP contribution >= 0.6 is 11.8 Å². The molecule has 9 nitrogen and oxygen atoms in total. The molecule has 0 aliphatic rings. The lowest BCUT2D eigenvalue weighted by atomic mass is 10.2. The summed E-state index contributed by atoms with van der Waals surface area (Å²) in [5, 5.41) is 11.0. The SMILES string of the molecule is CCOc1cc(-c2nnc(S[C@@H](C)C(=O)Nc3ccc(N(C)C)cc3)o2)cc(OCC)c1OCC. The summed E-state index contributed by atoms with van der Waals surface area (Å²) in [6.07, 6.45) is 0. The van der Waals surface area contributed by atoms with Gasteiger partial charge in [0, 0.05) is 31.0 Å². The van der Waals surface area contributed by atoms with Gasteiger partial charge in [-0.25, -0.2) is 0 Å². The summed E-state index contributed by atoms with van der Waals surface area (Å²) in [5.74, 6) is 1.75. The first kappa shape index (κ1) is 26.2. The first-order valence-electron chi connectivity index (χ1n) is 11.5. The van der Waals surface area contributed by atoms with E-state index >= 15 is 0 Å². The predicted molar refractivity (Wildman–Crippen MR) is 138 cm³/mol. The van der Waals surface area contributed by atoms with Crippen LogP contribution in [0.3, 0.4) is 0 Å². The highest BCUT2D eigenvalue weighted by atomic mass is 32.2. The fourth-order valence-electron chi connectivity index (χ4n) is 3.18. The van der Waals surface area contributed by atoms with Gasteiger partial charge in [0.2, 0.25) is 17.5 Å². The lowest BCUT2D eigenvalue weighted by Gasteiger charge is -2.16. The van der Waals surface area contributed by atoms with Crippen molar-refractivity contribution in [3.63, 3.8) is 0 Å². The topological polar surface area (TPSA) is 99.0 Å². The second-order valence-corrected chi connectivity index (χ2v) is 8.96. The largest absolute Gasteiger partial charge is 0.490 e. The van der Waals surface area contributed by atoms with Gasteiger partial charge in [0.15, 0.2) is 11.5 Å². The van der Waals surface area contributed by atoms with Gasteiger partial charge in [0.05, 0.1) is 25.1 Å². The fraction of sp³-hybridized carbons (Fsp3) is 0.400. The number of carbonyl (C=O) groups is 1. The van der Waals surface area contributed by atoms with Crippen LogP contribution in [-0.2, 0) is 4.79 Å². The molecule has 3 aromatic rings. The minimum atomic E-state index is -0.449. The quantitative estimate of drug-likeness (QED) is 0.340. The highest BCUT2D eigenvalue weighted by Crippen LogP contribution is 2.42. The first-order valence-corrected chi connectivity index (χ1v) is 12.4. The molecule has 35 heavy (non-hydrogen) atoms. The number of benzene rings is 2. The number of hydrogen-bond acceptors (Lipinski definition) is 9. The molecule has 0 aliphatic heterocycles. The maximum atomic E-state index is 12.7. The average Bonchev–Trinajstić information content (AvgIpc) is 3.30. The van der Waals surface area contributed by atoms with Crippen LogP contribution in [-0.4, -0.2) is 55.3 Å². The second kappa shape index (κ2) is 12.3. The Morgan fingerprint density at radius 1 is 1.00 bits per heavy atom. The molecule has 0 unspecified atom stereocenters. The molecule has 0 bridgehead atoms. The van der Waals surface area contributed by atoms with Gasteiger partial charge in [-0.05, 0) is 64.1 Å².